The second-order valence-electron chi connectivity index (χ2n) is 6.37. The van der Waals surface area contributed by atoms with Crippen molar-refractivity contribution in [2.24, 2.45) is 0 Å². The van der Waals surface area contributed by atoms with Crippen molar-refractivity contribution in [2.45, 2.75) is 37.3 Å². The predicted molar refractivity (Wildman–Crippen MR) is 109 cm³/mol. The van der Waals surface area contributed by atoms with Crippen LogP contribution in [0.2, 0.25) is 0 Å². The number of hydrogen-bond donors (Lipinski definition) is 1. The molecule has 6 nitrogen and oxygen atoms in total. The molecule has 1 amide bonds. The molecule has 152 valence electrons. The highest BCUT2D eigenvalue weighted by Crippen LogP contribution is 2.27. The van der Waals surface area contributed by atoms with Gasteiger partial charge in [-0.2, -0.15) is 0 Å². The van der Waals surface area contributed by atoms with Crippen molar-refractivity contribution in [3.63, 3.8) is 0 Å². The lowest BCUT2D eigenvalue weighted by molar-refractivity contribution is -0.120. The topological polar surface area (TPSA) is 77.2 Å². The Morgan fingerprint density at radius 3 is 2.48 bits per heavy atom. The molecule has 0 aliphatic rings. The summed E-state index contributed by atoms with van der Waals surface area (Å²) in [5.41, 5.74) is 1.60. The first kappa shape index (κ1) is 20.9. The van der Waals surface area contributed by atoms with Crippen LogP contribution in [-0.2, 0) is 4.79 Å². The minimum absolute atomic E-state index is 0.173. The van der Waals surface area contributed by atoms with Crippen molar-refractivity contribution in [3.05, 3.63) is 59.9 Å². The third-order valence-corrected chi connectivity index (χ3v) is 5.13. The van der Waals surface area contributed by atoms with Gasteiger partial charge in [-0.05, 0) is 62.7 Å². The number of aromatic nitrogens is 2. The monoisotopic (exact) mass is 415 g/mol. The highest BCUT2D eigenvalue weighted by atomic mass is 32.2. The molecular formula is C21H22FN3O3S. The summed E-state index contributed by atoms with van der Waals surface area (Å²) in [6, 6.07) is 13.2. The number of halogens is 1. The van der Waals surface area contributed by atoms with Crippen molar-refractivity contribution < 1.29 is 18.3 Å². The number of nitrogens with one attached hydrogen (secondary N) is 1. The van der Waals surface area contributed by atoms with E-state index in [-0.39, 0.29) is 17.8 Å². The van der Waals surface area contributed by atoms with Gasteiger partial charge < -0.3 is 14.5 Å². The van der Waals surface area contributed by atoms with E-state index in [1.165, 1.54) is 23.9 Å². The van der Waals surface area contributed by atoms with Crippen molar-refractivity contribution in [2.75, 3.05) is 6.61 Å². The van der Waals surface area contributed by atoms with Crippen molar-refractivity contribution in [1.29, 1.82) is 0 Å². The second kappa shape index (κ2) is 9.56. The van der Waals surface area contributed by atoms with Crippen LogP contribution in [0.3, 0.4) is 0 Å². The van der Waals surface area contributed by atoms with Crippen molar-refractivity contribution >= 4 is 17.7 Å². The Morgan fingerprint density at radius 1 is 1.14 bits per heavy atom. The van der Waals surface area contributed by atoms with Gasteiger partial charge in [-0.25, -0.2) is 4.39 Å². The zero-order valence-corrected chi connectivity index (χ0v) is 17.2. The summed E-state index contributed by atoms with van der Waals surface area (Å²) < 4.78 is 24.1. The number of amides is 1. The van der Waals surface area contributed by atoms with Crippen LogP contribution in [-0.4, -0.2) is 28.0 Å². The van der Waals surface area contributed by atoms with E-state index < -0.39 is 5.25 Å². The van der Waals surface area contributed by atoms with Crippen LogP contribution in [0.15, 0.2) is 58.2 Å². The lowest BCUT2D eigenvalue weighted by Gasteiger charge is -2.16. The molecule has 1 N–H and O–H groups in total. The lowest BCUT2D eigenvalue weighted by Crippen LogP contribution is -2.33. The van der Waals surface area contributed by atoms with Crippen LogP contribution < -0.4 is 10.1 Å². The smallest absolute Gasteiger partial charge is 0.277 e. The fourth-order valence-electron chi connectivity index (χ4n) is 2.60. The predicted octanol–water partition coefficient (Wildman–Crippen LogP) is 4.63. The van der Waals surface area contributed by atoms with E-state index in [2.05, 4.69) is 15.5 Å². The van der Waals surface area contributed by atoms with Crippen LogP contribution >= 0.6 is 11.8 Å². The fraction of sp³-hybridized carbons (Fsp3) is 0.286. The quantitative estimate of drug-likeness (QED) is 0.541. The van der Waals surface area contributed by atoms with Gasteiger partial charge in [0, 0.05) is 5.56 Å². The molecule has 3 rings (SSSR count). The number of rotatable bonds is 8. The maximum Gasteiger partial charge on any atom is 0.277 e. The van der Waals surface area contributed by atoms with Crippen molar-refractivity contribution in [1.82, 2.24) is 15.5 Å². The molecule has 0 saturated heterocycles. The van der Waals surface area contributed by atoms with Gasteiger partial charge in [-0.3, -0.25) is 4.79 Å². The Morgan fingerprint density at radius 2 is 1.83 bits per heavy atom. The Bertz CT molecular complexity index is 945. The third-order valence-electron chi connectivity index (χ3n) is 4.19. The summed E-state index contributed by atoms with van der Waals surface area (Å²) in [5.74, 6) is 0.664. The molecule has 0 fully saturated rings. The van der Waals surface area contributed by atoms with E-state index in [0.717, 1.165) is 16.9 Å². The molecule has 0 aliphatic carbocycles. The number of nitrogens with zero attached hydrogens (tertiary/aromatic N) is 2. The van der Waals surface area contributed by atoms with Crippen LogP contribution in [0.5, 0.6) is 5.75 Å². The molecule has 0 radical (unpaired) electrons. The Labute approximate surface area is 172 Å². The van der Waals surface area contributed by atoms with Gasteiger partial charge in [0.2, 0.25) is 11.8 Å². The normalized spacial score (nSPS) is 13.0. The molecule has 1 aromatic heterocycles. The number of thioether (sulfide) groups is 1. The van der Waals surface area contributed by atoms with E-state index in [1.54, 1.807) is 19.1 Å². The third kappa shape index (κ3) is 5.57. The molecule has 0 bridgehead atoms. The Hall–Kier alpha value is -2.87. The van der Waals surface area contributed by atoms with Crippen LogP contribution in [0.25, 0.3) is 11.5 Å². The summed E-state index contributed by atoms with van der Waals surface area (Å²) >= 11 is 1.18. The molecule has 0 unspecified atom stereocenters. The van der Waals surface area contributed by atoms with Gasteiger partial charge >= 0.3 is 0 Å². The SMILES string of the molecule is CCOc1ccc(-c2nnc(S[C@H](C)C(=O)N[C@H](C)c3ccc(F)cc3)o2)cc1. The number of benzene rings is 2. The van der Waals surface area contributed by atoms with Gasteiger partial charge in [-0.15, -0.1) is 10.2 Å². The van der Waals surface area contributed by atoms with Crippen LogP contribution in [0.1, 0.15) is 32.4 Å². The number of hydrogen-bond acceptors (Lipinski definition) is 6. The first-order chi connectivity index (χ1) is 14.0. The molecule has 0 spiro atoms. The number of ether oxygens (including phenoxy) is 1. The average molecular weight is 415 g/mol. The molecule has 0 aliphatic heterocycles. The van der Waals surface area contributed by atoms with E-state index in [0.29, 0.717) is 17.7 Å². The van der Waals surface area contributed by atoms with Gasteiger partial charge in [0.1, 0.15) is 11.6 Å². The van der Waals surface area contributed by atoms with Crippen LogP contribution in [0.4, 0.5) is 4.39 Å². The molecule has 0 saturated carbocycles. The maximum atomic E-state index is 13.0. The molecule has 1 heterocycles. The van der Waals surface area contributed by atoms with Crippen LogP contribution in [0, 0.1) is 5.82 Å². The largest absolute Gasteiger partial charge is 0.494 e. The lowest BCUT2D eigenvalue weighted by atomic mass is 10.1. The highest BCUT2D eigenvalue weighted by molar-refractivity contribution is 8.00. The van der Waals surface area contributed by atoms with E-state index >= 15 is 0 Å². The Balaban J connectivity index is 1.58. The van der Waals surface area contributed by atoms with Gasteiger partial charge in [0.15, 0.2) is 0 Å². The minimum Gasteiger partial charge on any atom is -0.494 e. The molecule has 8 heteroatoms. The first-order valence-electron chi connectivity index (χ1n) is 9.25. The summed E-state index contributed by atoms with van der Waals surface area (Å²) in [6.45, 7) is 6.13. The summed E-state index contributed by atoms with van der Waals surface area (Å²) in [6.07, 6.45) is 0. The number of carbonyl (C=O) groups excluding carboxylic acids is 1. The minimum atomic E-state index is -0.438. The maximum absolute atomic E-state index is 13.0. The standard InChI is InChI=1S/C21H22FN3O3S/c1-4-27-18-11-7-16(8-12-18)20-24-25-21(28-20)29-14(3)19(26)23-13(2)15-5-9-17(22)10-6-15/h5-14H,4H2,1-3H3,(H,23,26)/t13-,14-/m1/s1. The Kier molecular flexibility index (Phi) is 6.87. The van der Waals surface area contributed by atoms with Gasteiger partial charge in [0.25, 0.3) is 5.22 Å². The highest BCUT2D eigenvalue weighted by Gasteiger charge is 2.20. The fourth-order valence-corrected chi connectivity index (χ4v) is 3.30. The first-order valence-corrected chi connectivity index (χ1v) is 10.1. The molecule has 2 atom stereocenters. The molecule has 29 heavy (non-hydrogen) atoms. The number of carbonyl (C=O) groups is 1. The average Bonchev–Trinajstić information content (AvgIpc) is 3.17. The zero-order chi connectivity index (χ0) is 20.8. The van der Waals surface area contributed by atoms with E-state index in [1.807, 2.05) is 38.1 Å². The summed E-state index contributed by atoms with van der Waals surface area (Å²) in [7, 11) is 0. The zero-order valence-electron chi connectivity index (χ0n) is 16.4. The van der Waals surface area contributed by atoms with Crippen molar-refractivity contribution in [3.8, 4) is 17.2 Å². The summed E-state index contributed by atoms with van der Waals surface area (Å²) in [4.78, 5) is 12.5. The van der Waals surface area contributed by atoms with E-state index in [4.69, 9.17) is 9.15 Å². The molecule has 2 aromatic carbocycles. The molecular weight excluding hydrogens is 393 g/mol. The second-order valence-corrected chi connectivity index (χ2v) is 7.66. The summed E-state index contributed by atoms with van der Waals surface area (Å²) in [5, 5.41) is 10.8. The van der Waals surface area contributed by atoms with E-state index in [9.17, 15) is 9.18 Å². The molecule has 3 aromatic rings. The van der Waals surface area contributed by atoms with Gasteiger partial charge in [0.05, 0.1) is 17.9 Å². The van der Waals surface area contributed by atoms with Gasteiger partial charge in [-0.1, -0.05) is 23.9 Å².